The molecule has 708 valence electrons. The van der Waals surface area contributed by atoms with Gasteiger partial charge in [0.1, 0.15) is 28.4 Å². The lowest BCUT2D eigenvalue weighted by Gasteiger charge is -2.29. The molecule has 0 bridgehead atoms. The number of guanidine groups is 3. The smallest absolute Gasteiger partial charge is 0.414 e. The minimum atomic E-state index is -4.13. The van der Waals surface area contributed by atoms with Gasteiger partial charge >= 0.3 is 18.3 Å². The van der Waals surface area contributed by atoms with E-state index in [4.69, 9.17) is 60.3 Å². The molecule has 3 amide bonds. The molecule has 0 aliphatic heterocycles. The van der Waals surface area contributed by atoms with E-state index in [-0.39, 0.29) is 155 Å². The van der Waals surface area contributed by atoms with Crippen LogP contribution in [0.15, 0.2) is 135 Å². The number of carbonyl (C=O) groups excluding carboxylic acids is 3. The number of rotatable bonds is 17. The van der Waals surface area contributed by atoms with Gasteiger partial charge in [-0.2, -0.15) is 9.97 Å². The van der Waals surface area contributed by atoms with Crippen molar-refractivity contribution in [1.82, 2.24) is 73.7 Å². The highest BCUT2D eigenvalue weighted by molar-refractivity contribution is 7.90. The third-order valence-corrected chi connectivity index (χ3v) is 24.3. The van der Waals surface area contributed by atoms with E-state index < -0.39 is 90.0 Å². The predicted octanol–water partition coefficient (Wildman–Crippen LogP) is 14.5. The number of nitrogens with zero attached hydrogens (tertiary/aromatic N) is 15. The van der Waals surface area contributed by atoms with Crippen molar-refractivity contribution in [2.24, 2.45) is 37.9 Å². The molecular formula is C86H106Cl2F6N26O10S2. The van der Waals surface area contributed by atoms with Crippen molar-refractivity contribution in [3.05, 3.63) is 167 Å². The van der Waals surface area contributed by atoms with E-state index in [9.17, 15) is 57.6 Å². The first-order valence-electron chi connectivity index (χ1n) is 42.4. The SMILES string of the molecule is CC(C)(C)OC(=O)NC(=N[C@@H]1CCCC(Nc2nc(Cl)ncc2F)C1)NC(=O)OC(C)(C)C.Cc1ccc(S(=O)(=O)n2cc(-c3ncc(F)c(NC4CCC[C@@H](N=C(N)N)C4)n3)c3cc(F)cnc32)cc1.Cc1ccc(S(=O)(=O)n2cc(-c3ncc(F)c(NC4CCC[C@@H](N=C(N)NC(=O)OC(C)(C)C)C4)n3)c3cc(F)cnc32)cc1.N[C@@H]1CCCC(Nc2nc(Cl)ncc2F)C1. The fourth-order valence-corrected chi connectivity index (χ4v) is 17.8. The summed E-state index contributed by atoms with van der Waals surface area (Å²) in [6.07, 6.45) is 18.5. The summed E-state index contributed by atoms with van der Waals surface area (Å²) in [6, 6.07) is 14.1. The number of nitrogens with one attached hydrogen (secondary N) is 7. The molecule has 8 heterocycles. The largest absolute Gasteiger partial charge is 0.444 e. The van der Waals surface area contributed by atoms with E-state index in [0.717, 1.165) is 133 Å². The van der Waals surface area contributed by atoms with Gasteiger partial charge in [0.2, 0.25) is 16.5 Å². The molecule has 4 fully saturated rings. The van der Waals surface area contributed by atoms with E-state index in [1.54, 1.807) is 86.6 Å². The van der Waals surface area contributed by atoms with Gasteiger partial charge in [-0.05, 0) is 238 Å². The van der Waals surface area contributed by atoms with Crippen LogP contribution in [0.25, 0.3) is 44.8 Å². The molecule has 4 aliphatic carbocycles. The number of hydrogen-bond acceptors (Lipinski definition) is 28. The molecule has 0 spiro atoms. The molecule has 4 saturated carbocycles. The number of hydrogen-bond donors (Lipinski definition) is 11. The number of halogens is 8. The summed E-state index contributed by atoms with van der Waals surface area (Å²) in [5.41, 5.74) is 22.7. The molecule has 46 heteroatoms. The highest BCUT2D eigenvalue weighted by Gasteiger charge is 2.33. The van der Waals surface area contributed by atoms with Crippen molar-refractivity contribution in [2.45, 2.75) is 254 Å². The van der Waals surface area contributed by atoms with Gasteiger partial charge in [-0.3, -0.25) is 20.9 Å². The highest BCUT2D eigenvalue weighted by Crippen LogP contribution is 2.37. The van der Waals surface area contributed by atoms with Gasteiger partial charge in [0.05, 0.1) is 65.1 Å². The van der Waals surface area contributed by atoms with Crippen LogP contribution in [0.4, 0.5) is 64.0 Å². The highest BCUT2D eigenvalue weighted by atomic mass is 35.5. The van der Waals surface area contributed by atoms with Crippen LogP contribution in [0, 0.1) is 48.8 Å². The fraction of sp³-hybridized carbons (Fsp3) is 0.442. The third-order valence-electron chi connectivity index (χ3n) is 20.6. The van der Waals surface area contributed by atoms with Gasteiger partial charge in [0, 0.05) is 64.5 Å². The first-order chi connectivity index (χ1) is 62.1. The number of benzene rings is 2. The molecule has 15 N–H and O–H groups in total. The molecule has 10 aromatic rings. The summed E-state index contributed by atoms with van der Waals surface area (Å²) < 4.78 is 157. The minimum absolute atomic E-state index is 0.00299. The number of aryl methyl sites for hydroxylation is 2. The number of amides is 3. The Morgan fingerprint density at radius 2 is 0.773 bits per heavy atom. The van der Waals surface area contributed by atoms with Gasteiger partial charge in [0.15, 0.2) is 81.4 Å². The molecule has 2 aromatic carbocycles. The van der Waals surface area contributed by atoms with Gasteiger partial charge < -0.3 is 58.4 Å². The average molecular weight is 1910 g/mol. The molecule has 36 nitrogen and oxygen atoms in total. The van der Waals surface area contributed by atoms with Crippen molar-refractivity contribution in [3.63, 3.8) is 0 Å². The molecular weight excluding hydrogens is 1810 g/mol. The third kappa shape index (κ3) is 28.6. The minimum Gasteiger partial charge on any atom is -0.444 e. The molecule has 0 radical (unpaired) electrons. The van der Waals surface area contributed by atoms with E-state index >= 15 is 0 Å². The number of ether oxygens (including phenoxy) is 3. The number of aliphatic imine (C=N–C) groups is 3. The fourth-order valence-electron chi connectivity index (χ4n) is 14.9. The molecule has 132 heavy (non-hydrogen) atoms. The van der Waals surface area contributed by atoms with E-state index in [0.29, 0.717) is 38.5 Å². The number of aromatic nitrogens is 12. The molecule has 4 unspecified atom stereocenters. The van der Waals surface area contributed by atoms with Crippen molar-refractivity contribution < 1.29 is 71.8 Å². The van der Waals surface area contributed by atoms with Gasteiger partial charge in [-0.15, -0.1) is 0 Å². The zero-order valence-electron chi connectivity index (χ0n) is 74.3. The van der Waals surface area contributed by atoms with Crippen molar-refractivity contribution >= 4 is 125 Å². The maximum atomic E-state index is 15.0. The number of alkyl carbamates (subject to hydrolysis) is 3. The summed E-state index contributed by atoms with van der Waals surface area (Å²) in [7, 11) is -8.21. The summed E-state index contributed by atoms with van der Waals surface area (Å²) in [6.45, 7) is 19.2. The Balaban J connectivity index is 0.000000178. The molecule has 4 aliphatic rings. The zero-order valence-corrected chi connectivity index (χ0v) is 77.4. The van der Waals surface area contributed by atoms with Crippen molar-refractivity contribution in [3.8, 4) is 22.8 Å². The van der Waals surface area contributed by atoms with Crippen molar-refractivity contribution in [2.75, 3.05) is 21.3 Å². The second-order valence-electron chi connectivity index (χ2n) is 35.0. The van der Waals surface area contributed by atoms with Crippen LogP contribution < -0.4 is 60.2 Å². The lowest BCUT2D eigenvalue weighted by molar-refractivity contribution is 0.0534. The molecule has 8 aromatic heterocycles. The van der Waals surface area contributed by atoms with Crippen LogP contribution in [0.1, 0.15) is 176 Å². The maximum Gasteiger partial charge on any atom is 0.414 e. The number of fused-ring (bicyclic) bond motifs is 2. The number of pyridine rings is 2. The normalized spacial score (nSPS) is 18.9. The monoisotopic (exact) mass is 1910 g/mol. The Bertz CT molecular complexity index is 6090. The summed E-state index contributed by atoms with van der Waals surface area (Å²) in [5.74, 6) is -4.01. The van der Waals surface area contributed by atoms with Crippen LogP contribution in [0.2, 0.25) is 10.6 Å². The van der Waals surface area contributed by atoms with Crippen LogP contribution in [0.3, 0.4) is 0 Å². The van der Waals surface area contributed by atoms with Gasteiger partial charge in [0.25, 0.3) is 20.0 Å². The Morgan fingerprint density at radius 1 is 0.439 bits per heavy atom. The van der Waals surface area contributed by atoms with E-state index in [1.165, 1.54) is 36.7 Å². The Hall–Kier alpha value is -12.4. The second kappa shape index (κ2) is 43.3. The summed E-state index contributed by atoms with van der Waals surface area (Å²) >= 11 is 11.4. The Labute approximate surface area is 768 Å². The topological polar surface area (TPSA) is 511 Å². The lowest BCUT2D eigenvalue weighted by Crippen LogP contribution is -2.48. The number of anilines is 4. The molecule has 0 saturated heterocycles. The number of carbonyl (C=O) groups is 3. The van der Waals surface area contributed by atoms with Crippen LogP contribution in [-0.4, -0.2) is 176 Å². The van der Waals surface area contributed by atoms with Crippen molar-refractivity contribution in [1.29, 1.82) is 0 Å². The first kappa shape index (κ1) is 100. The Kier molecular flexibility index (Phi) is 32.8. The predicted molar refractivity (Wildman–Crippen MR) is 489 cm³/mol. The standard InChI is InChI=1S/C30H34F2N8O4S.C25H26F2N8O2S.C21H32ClFN6O4.C10H14ClFN4/c1-17-8-10-21(11-9-17)45(42,43)40-16-23(22-12-18(31)14-35-27(22)40)25-34-15-24(32)26(38-25)36-19-6-5-7-20(13-19)37-28(33)39-29(41)44-30(2,3)4;1-14-5-7-18(8-6-14)38(36,37)35-13-20(19-9-15(26)11-31-24(19)35)22-30-12-21(27)23(34-22)32-16-3-2-4-17(10-16)33-25(28)29;1-20(2,3)32-18(30)28-17(29-19(31)33-21(4,5)6)26-13-9-7-8-12(10-13)25-15-14(23)11-24-16(22)27-15;11-10-14-5-8(12)9(16-10)15-7-3-1-2-6(13)4-7/h8-12,14-16,19-20H,5-7,13H2,1-4H3,(H,34,36,38)(H3,33,37,39,41);5-9,11-13,16-17H,2-4,10H2,1H3,(H4,28,29,33)(H,30,32,34);11-13H,7-10H2,1-6H3,(H,24,25,27)(H2,26,28,29,30,31);5-7H,1-4,13H2,(H,14,15,16)/t19?,20-;16?,17-;12?,13-;6-,7?/m1111/s1. The number of nitrogens with two attached hydrogens (primary N) is 4. The lowest BCUT2D eigenvalue weighted by atomic mass is 9.91. The van der Waals surface area contributed by atoms with E-state index in [1.807, 2.05) is 13.8 Å². The molecule has 8 atom stereocenters. The maximum absolute atomic E-state index is 15.0. The molecule has 14 rings (SSSR count). The van der Waals surface area contributed by atoms with Crippen LogP contribution >= 0.6 is 23.2 Å². The average Bonchev–Trinajstić information content (AvgIpc) is 1.60. The van der Waals surface area contributed by atoms with Gasteiger partial charge in [-0.1, -0.05) is 35.4 Å². The first-order valence-corrected chi connectivity index (χ1v) is 46.0. The van der Waals surface area contributed by atoms with Crippen LogP contribution in [-0.2, 0) is 34.3 Å². The second-order valence-corrected chi connectivity index (χ2v) is 39.3. The summed E-state index contributed by atoms with van der Waals surface area (Å²) in [5, 5.41) is 19.9. The summed E-state index contributed by atoms with van der Waals surface area (Å²) in [4.78, 5) is 89.6. The zero-order chi connectivity index (χ0) is 95.9. The van der Waals surface area contributed by atoms with E-state index in [2.05, 4.69) is 102 Å². The quantitative estimate of drug-likeness (QED) is 0.0133. The van der Waals surface area contributed by atoms with Crippen LogP contribution in [0.5, 0.6) is 0 Å². The Morgan fingerprint density at radius 3 is 1.14 bits per heavy atom. The van der Waals surface area contributed by atoms with Gasteiger partial charge in [-0.25, -0.2) is 115 Å².